The fraction of sp³-hybridized carbons (Fsp3) is 0.250. The van der Waals surface area contributed by atoms with Crippen molar-refractivity contribution in [3.63, 3.8) is 0 Å². The zero-order chi connectivity index (χ0) is 11.0. The van der Waals surface area contributed by atoms with Crippen molar-refractivity contribution >= 4 is 28.1 Å². The Morgan fingerprint density at radius 1 is 1.57 bits per heavy atom. The summed E-state index contributed by atoms with van der Waals surface area (Å²) in [6, 6.07) is 1.69. The van der Waals surface area contributed by atoms with Gasteiger partial charge < -0.3 is 15.2 Å². The van der Waals surface area contributed by atoms with Gasteiger partial charge in [0.25, 0.3) is 6.47 Å². The predicted octanol–water partition coefficient (Wildman–Crippen LogP) is 1.22. The van der Waals surface area contributed by atoms with Gasteiger partial charge in [0.2, 0.25) is 0 Å². The number of ether oxygens (including phenoxy) is 2. The summed E-state index contributed by atoms with van der Waals surface area (Å²) in [5.74, 6) is 0.600. The Bertz CT molecular complexity index is 294. The van der Waals surface area contributed by atoms with Gasteiger partial charge in [-0.25, -0.2) is 4.98 Å². The van der Waals surface area contributed by atoms with E-state index in [0.29, 0.717) is 22.5 Å². The number of nitrogen functional groups attached to an aromatic ring is 1. The third kappa shape index (κ3) is 4.66. The molecule has 14 heavy (non-hydrogen) atoms. The van der Waals surface area contributed by atoms with Crippen LogP contribution in [0, 0.1) is 0 Å². The van der Waals surface area contributed by atoms with Crippen molar-refractivity contribution in [1.29, 1.82) is 0 Å². The molecule has 6 heteroatoms. The maximum Gasteiger partial charge on any atom is 0.292 e. The minimum absolute atomic E-state index is 0.375. The smallest absolute Gasteiger partial charge is 0.292 e. The van der Waals surface area contributed by atoms with Crippen molar-refractivity contribution in [2.75, 3.05) is 20.0 Å². The van der Waals surface area contributed by atoms with Crippen LogP contribution in [0.15, 0.2) is 16.9 Å². The van der Waals surface area contributed by atoms with Crippen LogP contribution in [0.25, 0.3) is 0 Å². The number of aromatic nitrogens is 1. The zero-order valence-electron chi connectivity index (χ0n) is 7.86. The molecule has 78 valence electrons. The quantitative estimate of drug-likeness (QED) is 0.641. The number of hydrogen-bond acceptors (Lipinski definition) is 5. The predicted molar refractivity (Wildman–Crippen MR) is 56.0 cm³/mol. The molecule has 1 aromatic rings. The van der Waals surface area contributed by atoms with Crippen molar-refractivity contribution < 1.29 is 14.3 Å². The van der Waals surface area contributed by atoms with Gasteiger partial charge >= 0.3 is 0 Å². The first-order chi connectivity index (χ1) is 6.65. The fourth-order valence-electron chi connectivity index (χ4n) is 0.602. The summed E-state index contributed by atoms with van der Waals surface area (Å²) >= 11 is 3.18. The number of halogens is 1. The van der Waals surface area contributed by atoms with E-state index < -0.39 is 0 Å². The molecule has 0 radical (unpaired) electrons. The number of rotatable bonds is 2. The average molecular weight is 263 g/mol. The number of nitrogens with two attached hydrogens (primary N) is 1. The van der Waals surface area contributed by atoms with E-state index in [-0.39, 0.29) is 0 Å². The summed E-state index contributed by atoms with van der Waals surface area (Å²) in [6.07, 6.45) is 1.57. The number of nitrogens with zero attached hydrogens (tertiary/aromatic N) is 1. The monoisotopic (exact) mass is 262 g/mol. The Kier molecular flexibility index (Phi) is 6.47. The number of carbonyl (C=O) groups is 1. The van der Waals surface area contributed by atoms with E-state index in [1.54, 1.807) is 19.4 Å². The number of pyridine rings is 1. The van der Waals surface area contributed by atoms with E-state index in [1.165, 1.54) is 7.11 Å². The molecule has 2 N–H and O–H groups in total. The van der Waals surface area contributed by atoms with Gasteiger partial charge in [0, 0.05) is 0 Å². The highest BCUT2D eigenvalue weighted by Gasteiger charge is 1.97. The first-order valence-corrected chi connectivity index (χ1v) is 4.36. The van der Waals surface area contributed by atoms with E-state index in [4.69, 9.17) is 15.3 Å². The van der Waals surface area contributed by atoms with Crippen LogP contribution in [0.3, 0.4) is 0 Å². The Morgan fingerprint density at radius 2 is 2.14 bits per heavy atom. The minimum Gasteiger partial charge on any atom is -0.493 e. The lowest BCUT2D eigenvalue weighted by atomic mass is 10.4. The van der Waals surface area contributed by atoms with Gasteiger partial charge in [-0.05, 0) is 22.0 Å². The van der Waals surface area contributed by atoms with Gasteiger partial charge in [0.05, 0.1) is 26.1 Å². The molecule has 5 nitrogen and oxygen atoms in total. The Labute approximate surface area is 90.3 Å². The number of carbonyl (C=O) groups excluding carboxylic acids is 1. The van der Waals surface area contributed by atoms with Crippen molar-refractivity contribution in [1.82, 2.24) is 4.98 Å². The van der Waals surface area contributed by atoms with Gasteiger partial charge in [-0.1, -0.05) is 0 Å². The largest absolute Gasteiger partial charge is 0.493 e. The second kappa shape index (κ2) is 7.14. The molecular formula is C8H11BrN2O3. The summed E-state index contributed by atoms with van der Waals surface area (Å²) in [5.41, 5.74) is 6.12. The molecular weight excluding hydrogens is 252 g/mol. The molecule has 1 rings (SSSR count). The number of hydrogen-bond donors (Lipinski definition) is 1. The van der Waals surface area contributed by atoms with Crippen LogP contribution in [0.4, 0.5) is 5.69 Å². The van der Waals surface area contributed by atoms with Gasteiger partial charge in [-0.15, -0.1) is 0 Å². The summed E-state index contributed by atoms with van der Waals surface area (Å²) in [5, 5.41) is 0. The molecule has 0 fully saturated rings. The number of methoxy groups -OCH3 is 2. The van der Waals surface area contributed by atoms with Crippen LogP contribution in [0.1, 0.15) is 0 Å². The molecule has 0 aliphatic carbocycles. The van der Waals surface area contributed by atoms with Crippen molar-refractivity contribution in [2.24, 2.45) is 0 Å². The van der Waals surface area contributed by atoms with Crippen LogP contribution in [0.2, 0.25) is 0 Å². The Morgan fingerprint density at radius 3 is 2.50 bits per heavy atom. The standard InChI is InChI=1S/C6H7BrN2O.C2H4O2/c1-10-5-3-9-6(7)2-4(5)8;1-4-2-3/h2-3H,1H3,(H2,8,9);2H,1H3. The molecule has 0 spiro atoms. The van der Waals surface area contributed by atoms with Crippen LogP contribution >= 0.6 is 15.9 Å². The SMILES string of the molecule is COC=O.COc1cnc(Br)cc1N. The van der Waals surface area contributed by atoms with Crippen molar-refractivity contribution in [2.45, 2.75) is 0 Å². The normalized spacial score (nSPS) is 8.21. The average Bonchev–Trinajstić information content (AvgIpc) is 2.18. The first kappa shape index (κ1) is 12.7. The lowest BCUT2D eigenvalue weighted by Crippen LogP contribution is -1.92. The van der Waals surface area contributed by atoms with Crippen molar-refractivity contribution in [3.05, 3.63) is 16.9 Å². The minimum atomic E-state index is 0.375. The van der Waals surface area contributed by atoms with Crippen molar-refractivity contribution in [3.8, 4) is 5.75 Å². The zero-order valence-corrected chi connectivity index (χ0v) is 9.45. The molecule has 0 bridgehead atoms. The molecule has 0 aliphatic rings. The van der Waals surface area contributed by atoms with E-state index in [1.807, 2.05) is 0 Å². The highest BCUT2D eigenvalue weighted by atomic mass is 79.9. The Hall–Kier alpha value is -1.30. The summed E-state index contributed by atoms with van der Waals surface area (Å²) < 4.78 is 9.47. The van der Waals surface area contributed by atoms with Crippen LogP contribution in [-0.4, -0.2) is 25.7 Å². The van der Waals surface area contributed by atoms with Gasteiger partial charge in [-0.2, -0.15) is 0 Å². The Balaban J connectivity index is 0.000000364. The summed E-state index contributed by atoms with van der Waals surface area (Å²) in [7, 11) is 2.87. The third-order valence-corrected chi connectivity index (χ3v) is 1.61. The highest BCUT2D eigenvalue weighted by molar-refractivity contribution is 9.10. The van der Waals surface area contributed by atoms with E-state index in [2.05, 4.69) is 25.7 Å². The molecule has 0 saturated carbocycles. The topological polar surface area (TPSA) is 74.4 Å². The van der Waals surface area contributed by atoms with E-state index >= 15 is 0 Å². The van der Waals surface area contributed by atoms with Gasteiger partial charge in [0.15, 0.2) is 5.75 Å². The second-order valence-electron chi connectivity index (χ2n) is 2.08. The lowest BCUT2D eigenvalue weighted by Gasteiger charge is -2.01. The number of anilines is 1. The molecule has 0 amide bonds. The molecule has 1 heterocycles. The highest BCUT2D eigenvalue weighted by Crippen LogP contribution is 2.21. The molecule has 0 atom stereocenters. The van der Waals surface area contributed by atoms with Crippen LogP contribution < -0.4 is 10.5 Å². The lowest BCUT2D eigenvalue weighted by molar-refractivity contribution is -0.126. The molecule has 0 saturated heterocycles. The molecule has 0 aliphatic heterocycles. The van der Waals surface area contributed by atoms with E-state index in [9.17, 15) is 0 Å². The van der Waals surface area contributed by atoms with Crippen LogP contribution in [-0.2, 0) is 9.53 Å². The maximum atomic E-state index is 8.95. The van der Waals surface area contributed by atoms with Gasteiger partial charge in [-0.3, -0.25) is 4.79 Å². The third-order valence-electron chi connectivity index (χ3n) is 1.18. The summed E-state index contributed by atoms with van der Waals surface area (Å²) in [6.45, 7) is 0.375. The summed E-state index contributed by atoms with van der Waals surface area (Å²) in [4.78, 5) is 12.9. The molecule has 0 aromatic carbocycles. The first-order valence-electron chi connectivity index (χ1n) is 3.57. The second-order valence-corrected chi connectivity index (χ2v) is 2.89. The molecule has 1 aromatic heterocycles. The van der Waals surface area contributed by atoms with Gasteiger partial charge in [0.1, 0.15) is 4.60 Å². The maximum absolute atomic E-state index is 8.95. The molecule has 0 unspecified atom stereocenters. The fourth-order valence-corrected chi connectivity index (χ4v) is 0.951. The van der Waals surface area contributed by atoms with E-state index in [0.717, 1.165) is 0 Å². The van der Waals surface area contributed by atoms with Crippen LogP contribution in [0.5, 0.6) is 5.75 Å².